The van der Waals surface area contributed by atoms with Gasteiger partial charge in [0.05, 0.1) is 4.47 Å². The van der Waals surface area contributed by atoms with Gasteiger partial charge in [-0.25, -0.2) is 9.18 Å². The predicted octanol–water partition coefficient (Wildman–Crippen LogP) is 3.14. The van der Waals surface area contributed by atoms with E-state index in [1.54, 1.807) is 30.3 Å². The Hall–Kier alpha value is -2.21. The molecule has 0 aliphatic heterocycles. The number of amides is 1. The van der Waals surface area contributed by atoms with Crippen molar-refractivity contribution in [3.05, 3.63) is 69.9 Å². The van der Waals surface area contributed by atoms with Gasteiger partial charge in [0.2, 0.25) is 0 Å². The van der Waals surface area contributed by atoms with Gasteiger partial charge < -0.3 is 10.4 Å². The van der Waals surface area contributed by atoms with Crippen LogP contribution in [0.5, 0.6) is 0 Å². The first-order valence-electron chi connectivity index (χ1n) is 6.02. The average molecular weight is 352 g/mol. The molecule has 0 spiro atoms. The number of hydrogen-bond acceptors (Lipinski definition) is 2. The van der Waals surface area contributed by atoms with Gasteiger partial charge >= 0.3 is 5.97 Å². The molecule has 0 saturated carbocycles. The van der Waals surface area contributed by atoms with Crippen LogP contribution in [0.15, 0.2) is 53.0 Å². The summed E-state index contributed by atoms with van der Waals surface area (Å²) in [7, 11) is 0. The summed E-state index contributed by atoms with van der Waals surface area (Å²) in [5, 5.41) is 11.6. The molecule has 2 aromatic rings. The van der Waals surface area contributed by atoms with Gasteiger partial charge in [0, 0.05) is 5.56 Å². The van der Waals surface area contributed by atoms with Crippen molar-refractivity contribution >= 4 is 27.8 Å². The van der Waals surface area contributed by atoms with Crippen molar-refractivity contribution in [2.45, 2.75) is 6.04 Å². The maximum atomic E-state index is 13.4. The first kappa shape index (κ1) is 15.2. The zero-order chi connectivity index (χ0) is 15.4. The van der Waals surface area contributed by atoms with Crippen LogP contribution in [0.3, 0.4) is 0 Å². The second-order valence-electron chi connectivity index (χ2n) is 4.28. The Morgan fingerprint density at radius 3 is 2.38 bits per heavy atom. The number of hydrogen-bond donors (Lipinski definition) is 2. The monoisotopic (exact) mass is 351 g/mol. The van der Waals surface area contributed by atoms with Crippen LogP contribution < -0.4 is 5.32 Å². The van der Waals surface area contributed by atoms with Crippen molar-refractivity contribution in [3.63, 3.8) is 0 Å². The third-order valence-electron chi connectivity index (χ3n) is 2.84. The summed E-state index contributed by atoms with van der Waals surface area (Å²) in [5.41, 5.74) is 0.494. The summed E-state index contributed by atoms with van der Waals surface area (Å²) in [4.78, 5) is 23.3. The van der Waals surface area contributed by atoms with E-state index in [0.29, 0.717) is 5.56 Å². The number of rotatable bonds is 4. The van der Waals surface area contributed by atoms with E-state index < -0.39 is 23.7 Å². The standard InChI is InChI=1S/C15H11BrFNO3/c16-11-7-6-10(8-12(11)17)14(19)18-13(15(20)21)9-4-2-1-3-5-9/h1-8,13H,(H,18,19)(H,20,21). The van der Waals surface area contributed by atoms with Crippen LogP contribution in [0.1, 0.15) is 22.0 Å². The largest absolute Gasteiger partial charge is 0.479 e. The summed E-state index contributed by atoms with van der Waals surface area (Å²) in [6.45, 7) is 0. The first-order chi connectivity index (χ1) is 9.99. The van der Waals surface area contributed by atoms with Gasteiger partial charge in [0.15, 0.2) is 6.04 Å². The van der Waals surface area contributed by atoms with Crippen molar-refractivity contribution in [1.82, 2.24) is 5.32 Å². The summed E-state index contributed by atoms with van der Waals surface area (Å²) >= 11 is 2.99. The fraction of sp³-hybridized carbons (Fsp3) is 0.0667. The third kappa shape index (κ3) is 3.66. The lowest BCUT2D eigenvalue weighted by Crippen LogP contribution is -2.33. The lowest BCUT2D eigenvalue weighted by Gasteiger charge is -2.15. The van der Waals surface area contributed by atoms with Crippen molar-refractivity contribution in [2.24, 2.45) is 0 Å². The maximum Gasteiger partial charge on any atom is 0.330 e. The Labute approximate surface area is 128 Å². The van der Waals surface area contributed by atoms with Gasteiger partial charge in [-0.15, -0.1) is 0 Å². The minimum absolute atomic E-state index is 0.0536. The number of nitrogens with one attached hydrogen (secondary N) is 1. The van der Waals surface area contributed by atoms with Crippen molar-refractivity contribution in [2.75, 3.05) is 0 Å². The summed E-state index contributed by atoms with van der Waals surface area (Å²) in [6.07, 6.45) is 0. The molecule has 0 aliphatic rings. The topological polar surface area (TPSA) is 66.4 Å². The van der Waals surface area contributed by atoms with Crippen LogP contribution in [-0.4, -0.2) is 17.0 Å². The SMILES string of the molecule is O=C(NC(C(=O)O)c1ccccc1)c1ccc(Br)c(F)c1. The molecule has 21 heavy (non-hydrogen) atoms. The average Bonchev–Trinajstić information content (AvgIpc) is 2.48. The van der Waals surface area contributed by atoms with Crippen LogP contribution >= 0.6 is 15.9 Å². The Morgan fingerprint density at radius 2 is 1.81 bits per heavy atom. The second kappa shape index (κ2) is 6.49. The quantitative estimate of drug-likeness (QED) is 0.889. The van der Waals surface area contributed by atoms with Gasteiger partial charge in [-0.1, -0.05) is 30.3 Å². The normalized spacial score (nSPS) is 11.7. The smallest absolute Gasteiger partial charge is 0.330 e. The summed E-state index contributed by atoms with van der Waals surface area (Å²) in [6, 6.07) is 11.0. The molecular formula is C15H11BrFNO3. The van der Waals surface area contributed by atoms with Gasteiger partial charge in [0.1, 0.15) is 5.82 Å². The number of carbonyl (C=O) groups excluding carboxylic acids is 1. The van der Waals surface area contributed by atoms with Crippen molar-refractivity contribution in [3.8, 4) is 0 Å². The van der Waals surface area contributed by atoms with Crippen LogP contribution in [-0.2, 0) is 4.79 Å². The number of carboxylic acid groups (broad SMARTS) is 1. The zero-order valence-corrected chi connectivity index (χ0v) is 12.3. The van der Waals surface area contributed by atoms with Gasteiger partial charge in [-0.2, -0.15) is 0 Å². The summed E-state index contributed by atoms with van der Waals surface area (Å²) < 4.78 is 13.6. The van der Waals surface area contributed by atoms with Crippen LogP contribution in [0.4, 0.5) is 4.39 Å². The van der Waals surface area contributed by atoms with E-state index in [1.807, 2.05) is 0 Å². The van der Waals surface area contributed by atoms with Gasteiger partial charge in [-0.3, -0.25) is 4.79 Å². The van der Waals surface area contributed by atoms with Gasteiger partial charge in [-0.05, 0) is 39.7 Å². The first-order valence-corrected chi connectivity index (χ1v) is 6.82. The van der Waals surface area contributed by atoms with E-state index in [0.717, 1.165) is 6.07 Å². The molecule has 0 bridgehead atoms. The number of carbonyl (C=O) groups is 2. The lowest BCUT2D eigenvalue weighted by molar-refractivity contribution is -0.139. The Balaban J connectivity index is 2.23. The molecule has 2 rings (SSSR count). The fourth-order valence-corrected chi connectivity index (χ4v) is 2.03. The molecule has 0 fully saturated rings. The summed E-state index contributed by atoms with van der Waals surface area (Å²) in [5.74, 6) is -2.43. The molecule has 1 amide bonds. The lowest BCUT2D eigenvalue weighted by atomic mass is 10.1. The molecule has 1 atom stereocenters. The molecule has 1 unspecified atom stereocenters. The molecule has 0 aromatic heterocycles. The van der Waals surface area contributed by atoms with Crippen LogP contribution in [0, 0.1) is 5.82 Å². The molecule has 0 aliphatic carbocycles. The molecule has 0 saturated heterocycles. The van der Waals surface area contributed by atoms with E-state index >= 15 is 0 Å². The zero-order valence-electron chi connectivity index (χ0n) is 10.7. The number of benzene rings is 2. The Bertz CT molecular complexity index is 676. The van der Waals surface area contributed by atoms with E-state index in [1.165, 1.54) is 12.1 Å². The molecule has 0 radical (unpaired) electrons. The highest BCUT2D eigenvalue weighted by molar-refractivity contribution is 9.10. The Morgan fingerprint density at radius 1 is 1.14 bits per heavy atom. The van der Waals surface area contributed by atoms with Crippen molar-refractivity contribution in [1.29, 1.82) is 0 Å². The minimum atomic E-state index is -1.19. The molecular weight excluding hydrogens is 341 g/mol. The highest BCUT2D eigenvalue weighted by atomic mass is 79.9. The fourth-order valence-electron chi connectivity index (χ4n) is 1.78. The highest BCUT2D eigenvalue weighted by Crippen LogP contribution is 2.18. The van der Waals surface area contributed by atoms with E-state index in [4.69, 9.17) is 0 Å². The number of carboxylic acids is 1. The van der Waals surface area contributed by atoms with Crippen molar-refractivity contribution < 1.29 is 19.1 Å². The van der Waals surface area contributed by atoms with Crippen LogP contribution in [0.2, 0.25) is 0 Å². The number of aliphatic carboxylic acids is 1. The minimum Gasteiger partial charge on any atom is -0.479 e. The van der Waals surface area contributed by atoms with E-state index in [2.05, 4.69) is 21.2 Å². The highest BCUT2D eigenvalue weighted by Gasteiger charge is 2.22. The maximum absolute atomic E-state index is 13.4. The Kier molecular flexibility index (Phi) is 4.70. The predicted molar refractivity (Wildman–Crippen MR) is 78.4 cm³/mol. The third-order valence-corrected chi connectivity index (χ3v) is 3.48. The van der Waals surface area contributed by atoms with Gasteiger partial charge in [0.25, 0.3) is 5.91 Å². The van der Waals surface area contributed by atoms with E-state index in [9.17, 15) is 19.1 Å². The van der Waals surface area contributed by atoms with Crippen LogP contribution in [0.25, 0.3) is 0 Å². The number of halogens is 2. The molecule has 2 aromatic carbocycles. The molecule has 108 valence electrons. The molecule has 0 heterocycles. The second-order valence-corrected chi connectivity index (χ2v) is 5.14. The molecule has 2 N–H and O–H groups in total. The van der Waals surface area contributed by atoms with E-state index in [-0.39, 0.29) is 10.0 Å². The molecule has 4 nitrogen and oxygen atoms in total. The molecule has 6 heteroatoms.